The van der Waals surface area contributed by atoms with Gasteiger partial charge in [-0.3, -0.25) is 0 Å². The minimum Gasteiger partial charge on any atom is -0.368 e. The largest absolute Gasteiger partial charge is 0.368 e. The van der Waals surface area contributed by atoms with Crippen molar-refractivity contribution in [3.8, 4) is 0 Å². The van der Waals surface area contributed by atoms with Crippen LogP contribution < -0.4 is 10.7 Å². The van der Waals surface area contributed by atoms with Crippen LogP contribution in [-0.2, 0) is 6.54 Å². The Hall–Kier alpha value is -3.10. The number of aromatic nitrogens is 6. The summed E-state index contributed by atoms with van der Waals surface area (Å²) in [5, 5.41) is 14.7. The number of nitrogen functional groups attached to an aromatic ring is 1. The third-order valence-electron chi connectivity index (χ3n) is 4.12. The molecular weight excluding hydrogens is 318 g/mol. The lowest BCUT2D eigenvalue weighted by molar-refractivity contribution is 0.503. The maximum Gasteiger partial charge on any atom is 0.251 e. The molecule has 0 bridgehead atoms. The Kier molecular flexibility index (Phi) is 3.38. The molecule has 3 aromatic rings. The molecule has 0 fully saturated rings. The first kappa shape index (κ1) is 15.4. The molecule has 0 saturated carbocycles. The molecule has 1 aliphatic heterocycles. The van der Waals surface area contributed by atoms with E-state index in [4.69, 9.17) is 5.73 Å². The number of nitrogens with two attached hydrogens (primary N) is 1. The van der Waals surface area contributed by atoms with Gasteiger partial charge in [0.25, 0.3) is 5.95 Å². The second-order valence-corrected chi connectivity index (χ2v) is 6.78. The average molecular weight is 337 g/mol. The lowest BCUT2D eigenvalue weighted by Gasteiger charge is -2.28. The van der Waals surface area contributed by atoms with Gasteiger partial charge in [0, 0.05) is 12.1 Å². The van der Waals surface area contributed by atoms with E-state index in [0.717, 1.165) is 23.2 Å². The minimum absolute atomic E-state index is 0.167. The summed E-state index contributed by atoms with van der Waals surface area (Å²) < 4.78 is 1.75. The number of hydrogen-bond acceptors (Lipinski definition) is 8. The molecule has 2 N–H and O–H groups in total. The zero-order valence-corrected chi connectivity index (χ0v) is 14.4. The van der Waals surface area contributed by atoms with Gasteiger partial charge in [-0.25, -0.2) is 9.69 Å². The predicted octanol–water partition coefficient (Wildman–Crippen LogP) is 1.61. The van der Waals surface area contributed by atoms with E-state index in [1.165, 1.54) is 0 Å². The summed E-state index contributed by atoms with van der Waals surface area (Å²) in [6.45, 7) is 6.54. The van der Waals surface area contributed by atoms with Crippen LogP contribution in [0.2, 0.25) is 0 Å². The zero-order valence-electron chi connectivity index (χ0n) is 14.4. The van der Waals surface area contributed by atoms with Crippen LogP contribution in [-0.4, -0.2) is 41.2 Å². The Bertz CT molecular complexity index is 973. The third kappa shape index (κ3) is 2.77. The number of nitrogens with zero attached hydrogens (tertiary/aromatic N) is 8. The number of benzene rings is 1. The van der Waals surface area contributed by atoms with Crippen molar-refractivity contribution >= 4 is 28.6 Å². The van der Waals surface area contributed by atoms with Crippen LogP contribution in [0.5, 0.6) is 0 Å². The first-order valence-corrected chi connectivity index (χ1v) is 8.05. The monoisotopic (exact) mass is 337 g/mol. The van der Waals surface area contributed by atoms with Gasteiger partial charge in [-0.15, -0.1) is 5.10 Å². The van der Waals surface area contributed by atoms with Gasteiger partial charge in [-0.1, -0.05) is 17.3 Å². The topological polar surface area (TPSA) is 111 Å². The van der Waals surface area contributed by atoms with Crippen LogP contribution in [0.15, 0.2) is 29.4 Å². The summed E-state index contributed by atoms with van der Waals surface area (Å²) in [6.07, 6.45) is 0.849. The van der Waals surface area contributed by atoms with Crippen molar-refractivity contribution in [1.29, 1.82) is 0 Å². The van der Waals surface area contributed by atoms with Crippen molar-refractivity contribution < 1.29 is 0 Å². The molecule has 4 rings (SSSR count). The number of hydrogen-bond donors (Lipinski definition) is 1. The maximum absolute atomic E-state index is 5.91. The highest BCUT2D eigenvalue weighted by molar-refractivity contribution is 5.86. The van der Waals surface area contributed by atoms with Crippen LogP contribution in [0.25, 0.3) is 11.0 Å². The number of para-hydroxylation sites is 1. The summed E-state index contributed by atoms with van der Waals surface area (Å²) in [5.74, 6) is 1.14. The number of rotatable bonds is 3. The van der Waals surface area contributed by atoms with Crippen LogP contribution in [0.4, 0.5) is 11.9 Å². The Morgan fingerprint density at radius 2 is 1.96 bits per heavy atom. The van der Waals surface area contributed by atoms with E-state index < -0.39 is 0 Å². The Morgan fingerprint density at radius 3 is 2.72 bits per heavy atom. The molecular formula is C16H19N9. The lowest BCUT2D eigenvalue weighted by Crippen LogP contribution is -2.38. The summed E-state index contributed by atoms with van der Waals surface area (Å²) in [7, 11) is 0. The highest BCUT2D eigenvalue weighted by atomic mass is 15.6. The van der Waals surface area contributed by atoms with E-state index in [0.29, 0.717) is 18.3 Å². The third-order valence-corrected chi connectivity index (χ3v) is 4.12. The molecule has 1 aromatic carbocycles. The van der Waals surface area contributed by atoms with E-state index >= 15 is 0 Å². The van der Waals surface area contributed by atoms with Gasteiger partial charge in [-0.2, -0.15) is 20.1 Å². The van der Waals surface area contributed by atoms with E-state index in [1.54, 1.807) is 4.68 Å². The summed E-state index contributed by atoms with van der Waals surface area (Å²) in [4.78, 5) is 13.1. The lowest BCUT2D eigenvalue weighted by atomic mass is 9.99. The summed E-state index contributed by atoms with van der Waals surface area (Å²) in [5.41, 5.74) is 8.48. The zero-order chi connectivity index (χ0) is 17.6. The van der Waals surface area contributed by atoms with Crippen LogP contribution >= 0.6 is 0 Å². The first-order chi connectivity index (χ1) is 11.9. The predicted molar refractivity (Wildman–Crippen MR) is 95.2 cm³/mol. The van der Waals surface area contributed by atoms with Crippen molar-refractivity contribution in [2.24, 2.45) is 5.10 Å². The molecule has 0 aliphatic carbocycles. The molecule has 0 amide bonds. The molecule has 1 aliphatic rings. The van der Waals surface area contributed by atoms with Crippen molar-refractivity contribution in [1.82, 2.24) is 29.9 Å². The Morgan fingerprint density at radius 1 is 1.16 bits per heavy atom. The van der Waals surface area contributed by atoms with E-state index in [-0.39, 0.29) is 11.5 Å². The second kappa shape index (κ2) is 5.47. The van der Waals surface area contributed by atoms with Gasteiger partial charge in [0.2, 0.25) is 5.95 Å². The highest BCUT2D eigenvalue weighted by Gasteiger charge is 2.35. The summed E-state index contributed by atoms with van der Waals surface area (Å²) in [6, 6.07) is 7.74. The molecule has 0 atom stereocenters. The maximum atomic E-state index is 5.91. The molecule has 0 saturated heterocycles. The second-order valence-electron chi connectivity index (χ2n) is 6.78. The van der Waals surface area contributed by atoms with Gasteiger partial charge in [-0.05, 0) is 32.9 Å². The van der Waals surface area contributed by atoms with Gasteiger partial charge in [0.05, 0.1) is 11.1 Å². The number of anilines is 2. The minimum atomic E-state index is -0.199. The highest BCUT2D eigenvalue weighted by Crippen LogP contribution is 2.30. The van der Waals surface area contributed by atoms with Crippen molar-refractivity contribution in [2.45, 2.75) is 39.3 Å². The molecule has 128 valence electrons. The van der Waals surface area contributed by atoms with Crippen molar-refractivity contribution in [2.75, 3.05) is 10.7 Å². The van der Waals surface area contributed by atoms with Crippen molar-refractivity contribution in [3.63, 3.8) is 0 Å². The average Bonchev–Trinajstić information content (AvgIpc) is 3.07. The first-order valence-electron chi connectivity index (χ1n) is 8.05. The van der Waals surface area contributed by atoms with E-state index in [1.807, 2.05) is 36.2 Å². The fraction of sp³-hybridized carbons (Fsp3) is 0.375. The molecule has 9 heteroatoms. The fourth-order valence-electron chi connectivity index (χ4n) is 3.12. The van der Waals surface area contributed by atoms with Crippen LogP contribution in [0.1, 0.15) is 33.0 Å². The number of hydrazone groups is 1. The Labute approximate surface area is 144 Å². The smallest absolute Gasteiger partial charge is 0.251 e. The molecule has 2 aromatic heterocycles. The van der Waals surface area contributed by atoms with Crippen molar-refractivity contribution in [3.05, 3.63) is 30.1 Å². The van der Waals surface area contributed by atoms with E-state index in [2.05, 4.69) is 44.2 Å². The van der Waals surface area contributed by atoms with Gasteiger partial charge >= 0.3 is 0 Å². The molecule has 25 heavy (non-hydrogen) atoms. The van der Waals surface area contributed by atoms with E-state index in [9.17, 15) is 0 Å². The molecule has 0 unspecified atom stereocenters. The Balaban J connectivity index is 1.71. The molecule has 9 nitrogen and oxygen atoms in total. The molecule has 0 spiro atoms. The normalized spacial score (nSPS) is 16.4. The van der Waals surface area contributed by atoms with Gasteiger partial charge in [0.1, 0.15) is 12.1 Å². The van der Waals surface area contributed by atoms with Gasteiger partial charge < -0.3 is 5.73 Å². The van der Waals surface area contributed by atoms with Gasteiger partial charge in [0.15, 0.2) is 5.82 Å². The molecule has 3 heterocycles. The SMILES string of the molecule is CC1=NN(c2nc(N)nc(Cn3nnc4ccccc43)n2)C(C)(C)C1. The quantitative estimate of drug-likeness (QED) is 0.773. The fourth-order valence-corrected chi connectivity index (χ4v) is 3.12. The van der Waals surface area contributed by atoms with Crippen LogP contribution in [0.3, 0.4) is 0 Å². The molecule has 0 radical (unpaired) electrons. The summed E-state index contributed by atoms with van der Waals surface area (Å²) >= 11 is 0. The standard InChI is InChI=1S/C16H19N9/c1-10-8-16(2,3)25(22-10)15-19-13(18-14(17)20-15)9-24-12-7-5-4-6-11(12)21-23-24/h4-7H,8-9H2,1-3H3,(H2,17,18,19,20). The van der Waals surface area contributed by atoms with Crippen LogP contribution in [0, 0.1) is 0 Å². The number of fused-ring (bicyclic) bond motifs is 1.